The minimum atomic E-state index is -0.356. The van der Waals surface area contributed by atoms with Crippen LogP contribution in [0, 0.1) is 0 Å². The molecule has 1 amide bonds. The number of rotatable bonds is 8. The lowest BCUT2D eigenvalue weighted by Gasteiger charge is -2.13. The van der Waals surface area contributed by atoms with Gasteiger partial charge < -0.3 is 14.8 Å². The van der Waals surface area contributed by atoms with Crippen molar-refractivity contribution in [2.24, 2.45) is 0 Å². The first-order valence-electron chi connectivity index (χ1n) is 13.2. The summed E-state index contributed by atoms with van der Waals surface area (Å²) in [4.78, 5) is 32.8. The number of amides is 1. The van der Waals surface area contributed by atoms with E-state index < -0.39 is 0 Å². The van der Waals surface area contributed by atoms with E-state index in [1.165, 1.54) is 16.2 Å². The van der Waals surface area contributed by atoms with Crippen molar-refractivity contribution in [1.82, 2.24) is 4.98 Å². The molecule has 0 atom stereocenters. The number of carbonyl (C=O) groups excluding carboxylic acids is 2. The Morgan fingerprint density at radius 2 is 1.82 bits per heavy atom. The maximum atomic E-state index is 13.8. The number of hydrogen-bond acceptors (Lipinski definition) is 6. The normalized spacial score (nSPS) is 12.8. The van der Waals surface area contributed by atoms with Crippen LogP contribution in [-0.2, 0) is 17.6 Å². The predicted molar refractivity (Wildman–Crippen MR) is 152 cm³/mol. The summed E-state index contributed by atoms with van der Waals surface area (Å²) in [6.07, 6.45) is 4.70. The Morgan fingerprint density at radius 3 is 2.58 bits per heavy atom. The second-order valence-corrected chi connectivity index (χ2v) is 10.9. The Bertz CT molecular complexity index is 1470. The first-order chi connectivity index (χ1) is 18.4. The number of aromatic nitrogens is 1. The van der Waals surface area contributed by atoms with Gasteiger partial charge in [0.15, 0.2) is 0 Å². The predicted octanol–water partition coefficient (Wildman–Crippen LogP) is 7.45. The van der Waals surface area contributed by atoms with Crippen molar-refractivity contribution in [2.75, 3.05) is 11.9 Å². The second kappa shape index (κ2) is 11.4. The fraction of sp³-hybridized carbons (Fsp3) is 0.323. The topological polar surface area (TPSA) is 77.5 Å². The largest absolute Gasteiger partial charge is 0.491 e. The number of ether oxygens (including phenoxy) is 2. The minimum Gasteiger partial charge on any atom is -0.491 e. The summed E-state index contributed by atoms with van der Waals surface area (Å²) in [6.45, 7) is 6.30. The molecule has 1 aliphatic carbocycles. The van der Waals surface area contributed by atoms with Gasteiger partial charge in [0, 0.05) is 15.8 Å². The maximum Gasteiger partial charge on any atom is 0.341 e. The highest BCUT2D eigenvalue weighted by atomic mass is 32.1. The zero-order valence-electron chi connectivity index (χ0n) is 22.0. The van der Waals surface area contributed by atoms with E-state index in [4.69, 9.17) is 14.5 Å². The van der Waals surface area contributed by atoms with Crippen molar-refractivity contribution in [3.63, 3.8) is 0 Å². The van der Waals surface area contributed by atoms with E-state index in [2.05, 4.69) is 5.32 Å². The zero-order valence-corrected chi connectivity index (χ0v) is 22.8. The van der Waals surface area contributed by atoms with Crippen molar-refractivity contribution in [3.05, 3.63) is 76.2 Å². The minimum absolute atomic E-state index is 0.0852. The molecule has 2 heterocycles. The molecule has 2 aromatic carbocycles. The van der Waals surface area contributed by atoms with Crippen LogP contribution < -0.4 is 10.1 Å². The molecule has 6 nitrogen and oxygen atoms in total. The summed E-state index contributed by atoms with van der Waals surface area (Å²) >= 11 is 1.50. The molecule has 0 bridgehead atoms. The summed E-state index contributed by atoms with van der Waals surface area (Å²) in [7, 11) is 0. The molecule has 7 heteroatoms. The molecular formula is C31H32N2O4S. The van der Waals surface area contributed by atoms with E-state index in [9.17, 15) is 9.59 Å². The number of nitrogens with zero attached hydrogens (tertiary/aromatic N) is 1. The third kappa shape index (κ3) is 5.43. The molecule has 196 valence electrons. The van der Waals surface area contributed by atoms with Gasteiger partial charge in [-0.2, -0.15) is 0 Å². The van der Waals surface area contributed by atoms with Crippen LogP contribution in [0.2, 0.25) is 0 Å². The Balaban J connectivity index is 1.52. The average Bonchev–Trinajstić information content (AvgIpc) is 3.29. The van der Waals surface area contributed by atoms with Gasteiger partial charge in [-0.15, -0.1) is 11.3 Å². The number of hydrogen-bond donors (Lipinski definition) is 1. The first kappa shape index (κ1) is 25.9. The van der Waals surface area contributed by atoms with Crippen LogP contribution in [0.5, 0.6) is 5.75 Å². The third-order valence-electron chi connectivity index (χ3n) is 6.52. The van der Waals surface area contributed by atoms with Crippen LogP contribution in [0.15, 0.2) is 54.6 Å². The van der Waals surface area contributed by atoms with Gasteiger partial charge in [0.1, 0.15) is 10.8 Å². The molecule has 0 aliphatic heterocycles. The molecule has 0 spiro atoms. The lowest BCUT2D eigenvalue weighted by atomic mass is 9.95. The van der Waals surface area contributed by atoms with Gasteiger partial charge in [-0.25, -0.2) is 9.78 Å². The van der Waals surface area contributed by atoms with Crippen LogP contribution in [0.25, 0.3) is 22.2 Å². The highest BCUT2D eigenvalue weighted by molar-refractivity contribution is 7.17. The smallest absolute Gasteiger partial charge is 0.341 e. The summed E-state index contributed by atoms with van der Waals surface area (Å²) in [6, 6.07) is 17.2. The summed E-state index contributed by atoms with van der Waals surface area (Å²) in [5.74, 6) is 0.157. The molecule has 0 saturated carbocycles. The fourth-order valence-corrected chi connectivity index (χ4v) is 6.07. The van der Waals surface area contributed by atoms with Crippen LogP contribution in [0.4, 0.5) is 5.00 Å². The van der Waals surface area contributed by atoms with E-state index in [0.717, 1.165) is 59.9 Å². The molecule has 0 unspecified atom stereocenters. The summed E-state index contributed by atoms with van der Waals surface area (Å²) in [5.41, 5.74) is 4.36. The molecule has 1 N–H and O–H groups in total. The van der Waals surface area contributed by atoms with Gasteiger partial charge in [-0.05, 0) is 87.9 Å². The van der Waals surface area contributed by atoms with Crippen molar-refractivity contribution in [2.45, 2.75) is 59.0 Å². The second-order valence-electron chi connectivity index (χ2n) is 9.77. The fourth-order valence-electron chi connectivity index (χ4n) is 4.79. The SMILES string of the molecule is CCCOC(=O)c1c(NC(=O)c2cc(-c3ccc(OC(C)C)cc3)nc3ccccc23)sc2c1CCCC2. The zero-order chi connectivity index (χ0) is 26.6. The van der Waals surface area contributed by atoms with Crippen LogP contribution in [0.1, 0.15) is 71.2 Å². The number of para-hydroxylation sites is 1. The number of carbonyl (C=O) groups is 2. The van der Waals surface area contributed by atoms with E-state index in [1.54, 1.807) is 0 Å². The lowest BCUT2D eigenvalue weighted by Crippen LogP contribution is -2.16. The molecule has 5 rings (SSSR count). The van der Waals surface area contributed by atoms with Gasteiger partial charge >= 0.3 is 5.97 Å². The molecule has 1 aliphatic rings. The molecule has 2 aromatic heterocycles. The van der Waals surface area contributed by atoms with Crippen LogP contribution in [0.3, 0.4) is 0 Å². The molecule has 0 radical (unpaired) electrons. The number of pyridine rings is 1. The van der Waals surface area contributed by atoms with E-state index in [1.807, 2.05) is 75.4 Å². The molecular weight excluding hydrogens is 496 g/mol. The Morgan fingerprint density at radius 1 is 1.05 bits per heavy atom. The van der Waals surface area contributed by atoms with E-state index in [0.29, 0.717) is 28.4 Å². The van der Waals surface area contributed by atoms with Gasteiger partial charge in [-0.3, -0.25) is 4.79 Å². The molecule has 38 heavy (non-hydrogen) atoms. The number of thiophene rings is 1. The lowest BCUT2D eigenvalue weighted by molar-refractivity contribution is 0.0505. The summed E-state index contributed by atoms with van der Waals surface area (Å²) < 4.78 is 11.3. The van der Waals surface area contributed by atoms with Gasteiger partial charge in [0.2, 0.25) is 0 Å². The van der Waals surface area contributed by atoms with Crippen LogP contribution >= 0.6 is 11.3 Å². The van der Waals surface area contributed by atoms with Crippen molar-refractivity contribution in [1.29, 1.82) is 0 Å². The monoisotopic (exact) mass is 528 g/mol. The molecule has 0 saturated heterocycles. The van der Waals surface area contributed by atoms with E-state index in [-0.39, 0.29) is 18.0 Å². The van der Waals surface area contributed by atoms with Crippen LogP contribution in [-0.4, -0.2) is 29.6 Å². The third-order valence-corrected chi connectivity index (χ3v) is 7.73. The molecule has 4 aromatic rings. The first-order valence-corrected chi connectivity index (χ1v) is 14.1. The number of aryl methyl sites for hydroxylation is 1. The van der Waals surface area contributed by atoms with Crippen molar-refractivity contribution < 1.29 is 19.1 Å². The number of esters is 1. The Kier molecular flexibility index (Phi) is 7.74. The standard InChI is InChI=1S/C31H32N2O4S/c1-4-17-36-31(35)28-23-10-6-8-12-27(23)38-30(28)33-29(34)24-18-26(32-25-11-7-5-9-22(24)25)20-13-15-21(16-14-20)37-19(2)3/h5,7,9,11,13-16,18-19H,4,6,8,10,12,17H2,1-3H3,(H,33,34). The average molecular weight is 529 g/mol. The highest BCUT2D eigenvalue weighted by Gasteiger charge is 2.28. The Hall–Kier alpha value is -3.71. The van der Waals surface area contributed by atoms with Crippen molar-refractivity contribution in [3.8, 4) is 17.0 Å². The highest BCUT2D eigenvalue weighted by Crippen LogP contribution is 2.39. The van der Waals surface area contributed by atoms with E-state index >= 15 is 0 Å². The maximum absolute atomic E-state index is 13.8. The summed E-state index contributed by atoms with van der Waals surface area (Å²) in [5, 5.41) is 4.40. The number of fused-ring (bicyclic) bond motifs is 2. The van der Waals surface area contributed by atoms with Gasteiger partial charge in [0.25, 0.3) is 5.91 Å². The van der Waals surface area contributed by atoms with Gasteiger partial charge in [0.05, 0.1) is 35.0 Å². The Labute approximate surface area is 227 Å². The number of benzene rings is 2. The quantitative estimate of drug-likeness (QED) is 0.240. The van der Waals surface area contributed by atoms with Gasteiger partial charge in [-0.1, -0.05) is 25.1 Å². The molecule has 0 fully saturated rings. The van der Waals surface area contributed by atoms with Crippen molar-refractivity contribution >= 4 is 39.1 Å². The number of nitrogens with one attached hydrogen (secondary N) is 1. The number of anilines is 1.